The number of carbonyl (C=O) groups is 1. The minimum Gasteiger partial charge on any atom is -0.457 e. The van der Waals surface area contributed by atoms with Gasteiger partial charge in [0.15, 0.2) is 5.78 Å². The van der Waals surface area contributed by atoms with Crippen LogP contribution in [0.15, 0.2) is 53.0 Å². The Labute approximate surface area is 170 Å². The maximum atomic E-state index is 12.8. The van der Waals surface area contributed by atoms with E-state index in [1.165, 1.54) is 0 Å². The zero-order valence-corrected chi connectivity index (χ0v) is 18.1. The lowest BCUT2D eigenvalue weighted by molar-refractivity contribution is 0.0864. The standard InChI is InChI=1S/C23H28BrNO2/c1-22(2)14-16(15-23(3,4)25-22)12-21(26)17-8-10-19(11-9-17)27-20-7-5-6-18(24)13-20/h5-11,13,16,25H,12,14-15H2,1-4H3. The number of hydrogen-bond donors (Lipinski definition) is 1. The predicted molar refractivity (Wildman–Crippen MR) is 114 cm³/mol. The summed E-state index contributed by atoms with van der Waals surface area (Å²) in [6, 6.07) is 15.2. The number of halogens is 1. The Balaban J connectivity index is 1.64. The average molecular weight is 430 g/mol. The molecule has 0 aromatic heterocycles. The van der Waals surface area contributed by atoms with Crippen LogP contribution in [0.5, 0.6) is 11.5 Å². The van der Waals surface area contributed by atoms with Gasteiger partial charge < -0.3 is 10.1 Å². The molecule has 0 unspecified atom stereocenters. The van der Waals surface area contributed by atoms with Crippen LogP contribution in [-0.2, 0) is 0 Å². The summed E-state index contributed by atoms with van der Waals surface area (Å²) in [5.41, 5.74) is 0.883. The Morgan fingerprint density at radius 2 is 1.67 bits per heavy atom. The van der Waals surface area contributed by atoms with Gasteiger partial charge in [-0.15, -0.1) is 0 Å². The van der Waals surface area contributed by atoms with Gasteiger partial charge in [0.1, 0.15) is 11.5 Å². The molecule has 0 saturated carbocycles. The molecule has 2 aromatic rings. The highest BCUT2D eigenvalue weighted by Gasteiger charge is 2.38. The molecule has 0 spiro atoms. The average Bonchev–Trinajstić information content (AvgIpc) is 2.52. The van der Waals surface area contributed by atoms with Crippen molar-refractivity contribution in [1.29, 1.82) is 0 Å². The number of carbonyl (C=O) groups excluding carboxylic acids is 1. The Bertz CT molecular complexity index is 795. The van der Waals surface area contributed by atoms with Crippen LogP contribution in [-0.4, -0.2) is 16.9 Å². The lowest BCUT2D eigenvalue weighted by atomic mass is 9.74. The van der Waals surface area contributed by atoms with E-state index in [0.29, 0.717) is 12.3 Å². The van der Waals surface area contributed by atoms with Gasteiger partial charge in [-0.2, -0.15) is 0 Å². The second-order valence-corrected chi connectivity index (χ2v) is 9.79. The number of ketones is 1. The van der Waals surface area contributed by atoms with Crippen LogP contribution in [0.1, 0.15) is 57.3 Å². The summed E-state index contributed by atoms with van der Waals surface area (Å²) in [7, 11) is 0. The van der Waals surface area contributed by atoms with Gasteiger partial charge >= 0.3 is 0 Å². The van der Waals surface area contributed by atoms with Crippen molar-refractivity contribution in [2.45, 2.75) is 58.0 Å². The van der Waals surface area contributed by atoms with Crippen molar-refractivity contribution in [2.24, 2.45) is 5.92 Å². The number of ether oxygens (including phenoxy) is 1. The van der Waals surface area contributed by atoms with E-state index < -0.39 is 0 Å². The minimum atomic E-state index is 0.0638. The van der Waals surface area contributed by atoms with Gasteiger partial charge in [0, 0.05) is 27.5 Å². The second kappa shape index (κ2) is 7.76. The first-order valence-corrected chi connectivity index (χ1v) is 10.3. The molecular formula is C23H28BrNO2. The zero-order valence-electron chi connectivity index (χ0n) is 16.5. The molecule has 0 atom stereocenters. The molecule has 3 rings (SSSR count). The third kappa shape index (κ3) is 5.66. The molecule has 0 radical (unpaired) electrons. The van der Waals surface area contributed by atoms with Gasteiger partial charge in [-0.25, -0.2) is 0 Å². The van der Waals surface area contributed by atoms with Crippen LogP contribution in [0.25, 0.3) is 0 Å². The van der Waals surface area contributed by atoms with E-state index in [-0.39, 0.29) is 16.9 Å². The van der Waals surface area contributed by atoms with Crippen molar-refractivity contribution >= 4 is 21.7 Å². The van der Waals surface area contributed by atoms with Crippen LogP contribution in [0.3, 0.4) is 0 Å². The molecule has 4 heteroatoms. The van der Waals surface area contributed by atoms with E-state index in [0.717, 1.165) is 34.4 Å². The highest BCUT2D eigenvalue weighted by Crippen LogP contribution is 2.35. The summed E-state index contributed by atoms with van der Waals surface area (Å²) in [6.07, 6.45) is 2.64. The largest absolute Gasteiger partial charge is 0.457 e. The van der Waals surface area contributed by atoms with Gasteiger partial charge in [-0.1, -0.05) is 22.0 Å². The predicted octanol–water partition coefficient (Wildman–Crippen LogP) is 6.37. The van der Waals surface area contributed by atoms with Crippen molar-refractivity contribution in [3.63, 3.8) is 0 Å². The smallest absolute Gasteiger partial charge is 0.163 e. The van der Waals surface area contributed by atoms with Crippen molar-refractivity contribution < 1.29 is 9.53 Å². The van der Waals surface area contributed by atoms with E-state index in [1.54, 1.807) is 0 Å². The number of Topliss-reactive ketones (excluding diaryl/α,β-unsaturated/α-hetero) is 1. The summed E-state index contributed by atoms with van der Waals surface area (Å²) in [6.45, 7) is 8.89. The Hall–Kier alpha value is -1.65. The third-order valence-corrected chi connectivity index (χ3v) is 5.45. The zero-order chi connectivity index (χ0) is 19.7. The monoisotopic (exact) mass is 429 g/mol. The van der Waals surface area contributed by atoms with Crippen molar-refractivity contribution in [2.75, 3.05) is 0 Å². The number of nitrogens with one attached hydrogen (secondary N) is 1. The quantitative estimate of drug-likeness (QED) is 0.560. The highest BCUT2D eigenvalue weighted by molar-refractivity contribution is 9.10. The fourth-order valence-electron chi connectivity index (χ4n) is 4.43. The number of benzene rings is 2. The van der Waals surface area contributed by atoms with Gasteiger partial charge in [0.05, 0.1) is 0 Å². The van der Waals surface area contributed by atoms with E-state index in [1.807, 2.05) is 48.5 Å². The second-order valence-electron chi connectivity index (χ2n) is 8.88. The van der Waals surface area contributed by atoms with Crippen LogP contribution >= 0.6 is 15.9 Å². The minimum absolute atomic E-state index is 0.0638. The van der Waals surface area contributed by atoms with E-state index in [9.17, 15) is 4.79 Å². The Kier molecular flexibility index (Phi) is 5.78. The molecular weight excluding hydrogens is 402 g/mol. The summed E-state index contributed by atoms with van der Waals surface area (Å²) in [5.74, 6) is 2.11. The molecule has 0 aliphatic carbocycles. The number of rotatable bonds is 5. The van der Waals surface area contributed by atoms with Crippen LogP contribution < -0.4 is 10.1 Å². The fraction of sp³-hybridized carbons (Fsp3) is 0.435. The molecule has 1 fully saturated rings. The highest BCUT2D eigenvalue weighted by atomic mass is 79.9. The topological polar surface area (TPSA) is 38.3 Å². The van der Waals surface area contributed by atoms with E-state index >= 15 is 0 Å². The summed E-state index contributed by atoms with van der Waals surface area (Å²) < 4.78 is 6.82. The van der Waals surface area contributed by atoms with Gasteiger partial charge in [-0.3, -0.25) is 4.79 Å². The molecule has 3 nitrogen and oxygen atoms in total. The number of hydrogen-bond acceptors (Lipinski definition) is 3. The molecule has 0 bridgehead atoms. The molecule has 2 aromatic carbocycles. The first-order chi connectivity index (χ1) is 12.6. The lowest BCUT2D eigenvalue weighted by Gasteiger charge is -2.46. The lowest BCUT2D eigenvalue weighted by Crippen LogP contribution is -2.57. The fourth-order valence-corrected chi connectivity index (χ4v) is 4.81. The normalized spacial score (nSPS) is 18.9. The van der Waals surface area contributed by atoms with E-state index in [2.05, 4.69) is 48.9 Å². The molecule has 1 N–H and O–H groups in total. The Morgan fingerprint density at radius 1 is 1.04 bits per heavy atom. The maximum Gasteiger partial charge on any atom is 0.163 e. The van der Waals surface area contributed by atoms with Crippen molar-refractivity contribution in [1.82, 2.24) is 5.32 Å². The molecule has 144 valence electrons. The van der Waals surface area contributed by atoms with Gasteiger partial charge in [0.25, 0.3) is 0 Å². The maximum absolute atomic E-state index is 12.8. The number of piperidine rings is 1. The first-order valence-electron chi connectivity index (χ1n) is 9.48. The summed E-state index contributed by atoms with van der Waals surface area (Å²) in [4.78, 5) is 12.8. The summed E-state index contributed by atoms with van der Waals surface area (Å²) >= 11 is 3.44. The Morgan fingerprint density at radius 3 is 2.26 bits per heavy atom. The van der Waals surface area contributed by atoms with Crippen LogP contribution in [0.2, 0.25) is 0 Å². The molecule has 1 aliphatic heterocycles. The molecule has 27 heavy (non-hydrogen) atoms. The van der Waals surface area contributed by atoms with Gasteiger partial charge in [0.2, 0.25) is 0 Å². The molecule has 0 amide bonds. The van der Waals surface area contributed by atoms with Gasteiger partial charge in [-0.05, 0) is 88.9 Å². The van der Waals surface area contributed by atoms with Crippen molar-refractivity contribution in [3.8, 4) is 11.5 Å². The summed E-state index contributed by atoms with van der Waals surface area (Å²) in [5, 5.41) is 3.68. The van der Waals surface area contributed by atoms with Crippen LogP contribution in [0, 0.1) is 5.92 Å². The first kappa shape index (κ1) is 20.1. The van der Waals surface area contributed by atoms with Crippen LogP contribution in [0.4, 0.5) is 0 Å². The molecule has 1 saturated heterocycles. The third-order valence-electron chi connectivity index (χ3n) is 4.96. The molecule has 1 heterocycles. The van der Waals surface area contributed by atoms with E-state index in [4.69, 9.17) is 4.74 Å². The molecule has 1 aliphatic rings. The van der Waals surface area contributed by atoms with Crippen molar-refractivity contribution in [3.05, 3.63) is 58.6 Å². The SMILES string of the molecule is CC1(C)CC(CC(=O)c2ccc(Oc3cccc(Br)c3)cc2)CC(C)(C)N1.